The van der Waals surface area contributed by atoms with Gasteiger partial charge in [-0.1, -0.05) is 41.5 Å². The summed E-state index contributed by atoms with van der Waals surface area (Å²) in [6, 6.07) is 0. The number of carbonyl (C=O) groups excluding carboxylic acids is 3. The van der Waals surface area contributed by atoms with Gasteiger partial charge in [-0.2, -0.15) is 0 Å². The number of nitrogens with zero attached hydrogens (tertiary/aromatic N) is 1. The average molecular weight is 359 g/mol. The zero-order valence-electron chi connectivity index (χ0n) is 16.1. The fourth-order valence-electron chi connectivity index (χ4n) is 2.38. The van der Waals surface area contributed by atoms with Crippen LogP contribution >= 0.6 is 0 Å². The van der Waals surface area contributed by atoms with E-state index in [1.165, 1.54) is 4.90 Å². The van der Waals surface area contributed by atoms with Gasteiger partial charge in [0.25, 0.3) is 0 Å². The van der Waals surface area contributed by atoms with Crippen molar-refractivity contribution >= 4 is 17.3 Å². The number of ketones is 3. The van der Waals surface area contributed by atoms with Crippen LogP contribution in [0.15, 0.2) is 0 Å². The molecule has 0 bridgehead atoms. The lowest BCUT2D eigenvalue weighted by Gasteiger charge is -2.29. The molecular weight excluding hydrogens is 326 g/mol. The SMILES string of the molecule is CC(C)C(=O)C(O)CN(CC(O)C(=O)C(C)C)CC(O)C(=O)C(C)C. The van der Waals surface area contributed by atoms with Gasteiger partial charge in [0.1, 0.15) is 18.3 Å². The molecule has 146 valence electrons. The quantitative estimate of drug-likeness (QED) is 0.451. The van der Waals surface area contributed by atoms with Gasteiger partial charge in [-0.3, -0.25) is 19.3 Å². The molecule has 3 N–H and O–H groups in total. The molecule has 3 unspecified atom stereocenters. The summed E-state index contributed by atoms with van der Waals surface area (Å²) in [4.78, 5) is 37.1. The van der Waals surface area contributed by atoms with E-state index >= 15 is 0 Å². The smallest absolute Gasteiger partial charge is 0.165 e. The predicted molar refractivity (Wildman–Crippen MR) is 94.0 cm³/mol. The number of Topliss-reactive ketones (excluding diaryl/α,β-unsaturated/α-hetero) is 3. The maximum atomic E-state index is 11.9. The molecule has 0 amide bonds. The first-order chi connectivity index (χ1) is 11.4. The number of aliphatic hydroxyl groups is 3. The topological polar surface area (TPSA) is 115 Å². The van der Waals surface area contributed by atoms with Gasteiger partial charge in [-0.05, 0) is 0 Å². The van der Waals surface area contributed by atoms with Gasteiger partial charge in [0.05, 0.1) is 0 Å². The Hall–Kier alpha value is -1.15. The third kappa shape index (κ3) is 8.18. The number of carbonyl (C=O) groups is 3. The van der Waals surface area contributed by atoms with Crippen LogP contribution in [0.4, 0.5) is 0 Å². The van der Waals surface area contributed by atoms with E-state index in [2.05, 4.69) is 0 Å². The zero-order chi connectivity index (χ0) is 19.9. The zero-order valence-corrected chi connectivity index (χ0v) is 16.1. The molecular formula is C18H33NO6. The van der Waals surface area contributed by atoms with Crippen molar-refractivity contribution < 1.29 is 29.7 Å². The second-order valence-corrected chi connectivity index (χ2v) is 7.44. The van der Waals surface area contributed by atoms with E-state index in [9.17, 15) is 29.7 Å². The van der Waals surface area contributed by atoms with Crippen molar-refractivity contribution in [2.45, 2.75) is 59.9 Å². The lowest BCUT2D eigenvalue weighted by atomic mass is 10.00. The van der Waals surface area contributed by atoms with Crippen LogP contribution < -0.4 is 0 Å². The van der Waals surface area contributed by atoms with E-state index in [4.69, 9.17) is 0 Å². The van der Waals surface area contributed by atoms with Crippen molar-refractivity contribution in [3.63, 3.8) is 0 Å². The maximum Gasteiger partial charge on any atom is 0.165 e. The molecule has 0 radical (unpaired) electrons. The summed E-state index contributed by atoms with van der Waals surface area (Å²) in [7, 11) is 0. The highest BCUT2D eigenvalue weighted by Gasteiger charge is 2.29. The Morgan fingerprint density at radius 3 is 0.960 bits per heavy atom. The number of rotatable bonds is 12. The summed E-state index contributed by atoms with van der Waals surface area (Å²) in [6.07, 6.45) is -3.95. The second kappa shape index (κ2) is 10.8. The monoisotopic (exact) mass is 359 g/mol. The van der Waals surface area contributed by atoms with E-state index in [0.717, 1.165) is 0 Å². The Balaban J connectivity index is 5.13. The van der Waals surface area contributed by atoms with Crippen molar-refractivity contribution in [3.8, 4) is 0 Å². The van der Waals surface area contributed by atoms with Crippen LogP contribution in [0.25, 0.3) is 0 Å². The Morgan fingerprint density at radius 1 is 0.600 bits per heavy atom. The number of hydrogen-bond donors (Lipinski definition) is 3. The molecule has 7 nitrogen and oxygen atoms in total. The summed E-state index contributed by atoms with van der Waals surface area (Å²) >= 11 is 0. The van der Waals surface area contributed by atoms with Crippen LogP contribution in [0.1, 0.15) is 41.5 Å². The Labute approximate surface area is 150 Å². The van der Waals surface area contributed by atoms with Gasteiger partial charge in [0.15, 0.2) is 17.3 Å². The van der Waals surface area contributed by atoms with E-state index in [-0.39, 0.29) is 54.7 Å². The van der Waals surface area contributed by atoms with E-state index in [0.29, 0.717) is 0 Å². The Morgan fingerprint density at radius 2 is 0.800 bits per heavy atom. The minimum absolute atomic E-state index is 0.165. The largest absolute Gasteiger partial charge is 0.384 e. The van der Waals surface area contributed by atoms with Crippen molar-refractivity contribution in [2.24, 2.45) is 17.8 Å². The molecule has 0 aromatic heterocycles. The molecule has 0 aliphatic rings. The van der Waals surface area contributed by atoms with Gasteiger partial charge in [-0.15, -0.1) is 0 Å². The molecule has 0 aliphatic heterocycles. The Kier molecular flexibility index (Phi) is 10.3. The van der Waals surface area contributed by atoms with Crippen LogP contribution in [0.5, 0.6) is 0 Å². The third-order valence-corrected chi connectivity index (χ3v) is 3.99. The summed E-state index contributed by atoms with van der Waals surface area (Å²) in [5.41, 5.74) is 0. The van der Waals surface area contributed by atoms with Crippen LogP contribution in [-0.2, 0) is 14.4 Å². The highest BCUT2D eigenvalue weighted by Crippen LogP contribution is 2.09. The summed E-state index contributed by atoms with van der Waals surface area (Å²) < 4.78 is 0. The molecule has 0 rings (SSSR count). The molecule has 3 atom stereocenters. The molecule has 0 saturated heterocycles. The van der Waals surface area contributed by atoms with Gasteiger partial charge < -0.3 is 15.3 Å². The van der Waals surface area contributed by atoms with Crippen LogP contribution in [0, 0.1) is 17.8 Å². The summed E-state index contributed by atoms with van der Waals surface area (Å²) in [5.74, 6) is -2.25. The first kappa shape index (κ1) is 23.9. The van der Waals surface area contributed by atoms with Gasteiger partial charge in [0.2, 0.25) is 0 Å². The molecule has 25 heavy (non-hydrogen) atoms. The standard InChI is InChI=1S/C18H33NO6/c1-10(2)16(23)13(20)7-19(8-14(21)17(24)11(3)4)9-15(22)18(25)12(5)6/h10-15,20-22H,7-9H2,1-6H3. The number of hydrogen-bond acceptors (Lipinski definition) is 7. The van der Waals surface area contributed by atoms with Gasteiger partial charge in [0, 0.05) is 37.4 Å². The maximum absolute atomic E-state index is 11.9. The van der Waals surface area contributed by atoms with Crippen LogP contribution in [0.2, 0.25) is 0 Å². The molecule has 0 aliphatic carbocycles. The average Bonchev–Trinajstić information content (AvgIpc) is 2.51. The molecule has 0 aromatic rings. The Bertz CT molecular complexity index is 394. The lowest BCUT2D eigenvalue weighted by molar-refractivity contribution is -0.135. The lowest BCUT2D eigenvalue weighted by Crippen LogP contribution is -2.48. The molecule has 0 fully saturated rings. The van der Waals surface area contributed by atoms with Gasteiger partial charge in [-0.25, -0.2) is 0 Å². The molecule has 0 aromatic carbocycles. The minimum Gasteiger partial charge on any atom is -0.384 e. The van der Waals surface area contributed by atoms with Crippen LogP contribution in [0.3, 0.4) is 0 Å². The third-order valence-electron chi connectivity index (χ3n) is 3.99. The predicted octanol–water partition coefficient (Wildman–Crippen LogP) is 0.0464. The summed E-state index contributed by atoms with van der Waals surface area (Å²) in [6.45, 7) is 9.45. The molecule has 0 saturated carbocycles. The first-order valence-corrected chi connectivity index (χ1v) is 8.76. The van der Waals surface area contributed by atoms with E-state index in [1.54, 1.807) is 41.5 Å². The van der Waals surface area contributed by atoms with Crippen LogP contribution in [-0.4, -0.2) is 75.5 Å². The fourth-order valence-corrected chi connectivity index (χ4v) is 2.38. The first-order valence-electron chi connectivity index (χ1n) is 8.76. The summed E-state index contributed by atoms with van der Waals surface area (Å²) in [5, 5.41) is 30.2. The molecule has 0 spiro atoms. The number of aliphatic hydroxyl groups excluding tert-OH is 3. The highest BCUT2D eigenvalue weighted by molar-refractivity contribution is 5.86. The highest BCUT2D eigenvalue weighted by atomic mass is 16.3. The second-order valence-electron chi connectivity index (χ2n) is 7.44. The molecule has 7 heteroatoms. The van der Waals surface area contributed by atoms with E-state index in [1.807, 2.05) is 0 Å². The normalized spacial score (nSPS) is 15.7. The van der Waals surface area contributed by atoms with Gasteiger partial charge >= 0.3 is 0 Å². The molecule has 0 heterocycles. The fraction of sp³-hybridized carbons (Fsp3) is 0.833. The van der Waals surface area contributed by atoms with Crippen molar-refractivity contribution in [1.29, 1.82) is 0 Å². The van der Waals surface area contributed by atoms with Crippen molar-refractivity contribution in [3.05, 3.63) is 0 Å². The van der Waals surface area contributed by atoms with Crippen molar-refractivity contribution in [1.82, 2.24) is 4.90 Å². The van der Waals surface area contributed by atoms with E-state index < -0.39 is 18.3 Å². The van der Waals surface area contributed by atoms with Crippen molar-refractivity contribution in [2.75, 3.05) is 19.6 Å². The minimum atomic E-state index is -1.32.